The van der Waals surface area contributed by atoms with E-state index in [4.69, 9.17) is 16.1 Å². The van der Waals surface area contributed by atoms with Crippen LogP contribution in [0.25, 0.3) is 11.4 Å². The fourth-order valence-corrected chi connectivity index (χ4v) is 3.75. The molecule has 7 nitrogen and oxygen atoms in total. The Kier molecular flexibility index (Phi) is 4.93. The van der Waals surface area contributed by atoms with E-state index >= 15 is 0 Å². The topological polar surface area (TPSA) is 91.5 Å². The second-order valence-electron chi connectivity index (χ2n) is 6.94. The molecule has 0 radical (unpaired) electrons. The molecule has 2 aromatic rings. The monoisotopic (exact) mass is 376 g/mol. The molecule has 2 aliphatic rings. The average molecular weight is 377 g/mol. The summed E-state index contributed by atoms with van der Waals surface area (Å²) in [6, 6.07) is 6.99. The molecule has 1 aromatic heterocycles. The minimum atomic E-state index is -0.442. The summed E-state index contributed by atoms with van der Waals surface area (Å²) in [6.07, 6.45) is 1.83. The smallest absolute Gasteiger partial charge is 0.239 e. The van der Waals surface area contributed by atoms with Gasteiger partial charge >= 0.3 is 0 Å². The molecule has 1 aromatic carbocycles. The van der Waals surface area contributed by atoms with Crippen LogP contribution in [0.4, 0.5) is 0 Å². The highest BCUT2D eigenvalue weighted by atomic mass is 35.5. The number of benzene rings is 1. The normalized spacial score (nSPS) is 26.2. The van der Waals surface area contributed by atoms with Crippen LogP contribution in [0.3, 0.4) is 0 Å². The molecule has 3 atom stereocenters. The summed E-state index contributed by atoms with van der Waals surface area (Å²) in [5.74, 6) is 1.17. The molecule has 26 heavy (non-hydrogen) atoms. The molecule has 2 N–H and O–H groups in total. The number of nitrogens with one attached hydrogen (secondary N) is 1. The van der Waals surface area contributed by atoms with E-state index in [1.165, 1.54) is 0 Å². The van der Waals surface area contributed by atoms with Crippen molar-refractivity contribution in [3.63, 3.8) is 0 Å². The number of hydrogen-bond acceptors (Lipinski definition) is 6. The summed E-state index contributed by atoms with van der Waals surface area (Å²) < 4.78 is 5.47. The minimum absolute atomic E-state index is 0.0348. The molecular formula is C18H21ClN4O3. The van der Waals surface area contributed by atoms with Crippen LogP contribution >= 0.6 is 11.6 Å². The van der Waals surface area contributed by atoms with E-state index in [0.717, 1.165) is 24.9 Å². The van der Waals surface area contributed by atoms with Crippen LogP contribution in [0.2, 0.25) is 5.02 Å². The van der Waals surface area contributed by atoms with Crippen molar-refractivity contribution in [1.29, 1.82) is 0 Å². The molecule has 8 heteroatoms. The van der Waals surface area contributed by atoms with Crippen molar-refractivity contribution in [2.24, 2.45) is 0 Å². The number of hydrogen-bond donors (Lipinski definition) is 2. The van der Waals surface area contributed by atoms with E-state index in [2.05, 4.69) is 15.5 Å². The lowest BCUT2D eigenvalue weighted by atomic mass is 9.97. The molecule has 3 unspecified atom stereocenters. The fourth-order valence-electron chi connectivity index (χ4n) is 3.62. The third-order valence-electron chi connectivity index (χ3n) is 5.03. The van der Waals surface area contributed by atoms with Gasteiger partial charge in [-0.05, 0) is 43.5 Å². The molecule has 0 spiro atoms. The summed E-state index contributed by atoms with van der Waals surface area (Å²) in [7, 11) is 0. The number of nitrogens with zero attached hydrogens (tertiary/aromatic N) is 3. The standard InChI is InChI=1S/C18H21ClN4O3/c19-13-5-3-11(4-6-13)16-21-17(26-22-16)12-2-1-7-23(10-12)18(25)15-8-14(24)9-20-15/h3-6,12,14-15,20,24H,1-2,7-10H2. The third kappa shape index (κ3) is 3.60. The maximum Gasteiger partial charge on any atom is 0.239 e. The van der Waals surface area contributed by atoms with Crippen LogP contribution in [-0.2, 0) is 4.79 Å². The molecule has 0 aliphatic carbocycles. The molecule has 0 bridgehead atoms. The average Bonchev–Trinajstić information content (AvgIpc) is 3.31. The Labute approximate surface area is 156 Å². The maximum absolute atomic E-state index is 12.7. The van der Waals surface area contributed by atoms with Gasteiger partial charge in [-0.25, -0.2) is 0 Å². The number of carbonyl (C=O) groups excluding carboxylic acids is 1. The van der Waals surface area contributed by atoms with Crippen molar-refractivity contribution < 1.29 is 14.4 Å². The third-order valence-corrected chi connectivity index (χ3v) is 5.28. The zero-order chi connectivity index (χ0) is 18.1. The zero-order valence-electron chi connectivity index (χ0n) is 14.3. The molecule has 1 amide bonds. The Morgan fingerprint density at radius 1 is 1.35 bits per heavy atom. The lowest BCUT2D eigenvalue weighted by Gasteiger charge is -2.32. The van der Waals surface area contributed by atoms with Gasteiger partial charge < -0.3 is 19.8 Å². The van der Waals surface area contributed by atoms with Gasteiger partial charge in [-0.15, -0.1) is 0 Å². The summed E-state index contributed by atoms with van der Waals surface area (Å²) in [4.78, 5) is 19.0. The van der Waals surface area contributed by atoms with E-state index in [1.807, 2.05) is 17.0 Å². The molecule has 2 saturated heterocycles. The first kappa shape index (κ1) is 17.5. The summed E-state index contributed by atoms with van der Waals surface area (Å²) in [5, 5.41) is 17.4. The molecule has 2 fully saturated rings. The Bertz CT molecular complexity index is 779. The van der Waals surface area contributed by atoms with E-state index in [1.54, 1.807) is 12.1 Å². The number of aliphatic hydroxyl groups is 1. The van der Waals surface area contributed by atoms with Crippen LogP contribution in [-0.4, -0.2) is 57.8 Å². The van der Waals surface area contributed by atoms with E-state index < -0.39 is 6.10 Å². The van der Waals surface area contributed by atoms with Crippen molar-refractivity contribution in [2.75, 3.05) is 19.6 Å². The zero-order valence-corrected chi connectivity index (χ0v) is 15.0. The second-order valence-corrected chi connectivity index (χ2v) is 7.37. The predicted molar refractivity (Wildman–Crippen MR) is 95.7 cm³/mol. The van der Waals surface area contributed by atoms with Crippen LogP contribution in [0, 0.1) is 0 Å². The quantitative estimate of drug-likeness (QED) is 0.849. The molecule has 138 valence electrons. The lowest BCUT2D eigenvalue weighted by Crippen LogP contribution is -2.47. The van der Waals surface area contributed by atoms with E-state index in [9.17, 15) is 9.90 Å². The number of aliphatic hydroxyl groups excluding tert-OH is 1. The molecule has 2 aliphatic heterocycles. The van der Waals surface area contributed by atoms with E-state index in [-0.39, 0.29) is 17.9 Å². The number of rotatable bonds is 3. The first-order valence-electron chi connectivity index (χ1n) is 8.90. The van der Waals surface area contributed by atoms with Gasteiger partial charge in [-0.3, -0.25) is 4.79 Å². The fraction of sp³-hybridized carbons (Fsp3) is 0.500. The summed E-state index contributed by atoms with van der Waals surface area (Å²) in [5.41, 5.74) is 0.845. The largest absolute Gasteiger partial charge is 0.392 e. The first-order valence-corrected chi connectivity index (χ1v) is 9.28. The van der Waals surface area contributed by atoms with Gasteiger partial charge in [0, 0.05) is 30.2 Å². The van der Waals surface area contributed by atoms with Crippen molar-refractivity contribution in [3.8, 4) is 11.4 Å². The predicted octanol–water partition coefficient (Wildman–Crippen LogP) is 1.82. The summed E-state index contributed by atoms with van der Waals surface area (Å²) >= 11 is 5.91. The number of halogens is 1. The summed E-state index contributed by atoms with van der Waals surface area (Å²) in [6.45, 7) is 1.76. The van der Waals surface area contributed by atoms with Gasteiger partial charge in [-0.1, -0.05) is 16.8 Å². The maximum atomic E-state index is 12.7. The van der Waals surface area contributed by atoms with Gasteiger partial charge in [0.1, 0.15) is 0 Å². The van der Waals surface area contributed by atoms with Gasteiger partial charge in [0.2, 0.25) is 17.6 Å². The number of piperidine rings is 1. The molecule has 0 saturated carbocycles. The van der Waals surface area contributed by atoms with Crippen molar-refractivity contribution >= 4 is 17.5 Å². The number of aromatic nitrogens is 2. The number of carbonyl (C=O) groups is 1. The van der Waals surface area contributed by atoms with Crippen molar-refractivity contribution in [1.82, 2.24) is 20.4 Å². The number of likely N-dealkylation sites (tertiary alicyclic amines) is 1. The molecule has 3 heterocycles. The van der Waals surface area contributed by atoms with Crippen molar-refractivity contribution in [2.45, 2.75) is 37.3 Å². The van der Waals surface area contributed by atoms with Crippen LogP contribution in [0.1, 0.15) is 31.1 Å². The Morgan fingerprint density at radius 3 is 2.88 bits per heavy atom. The Balaban J connectivity index is 1.45. The van der Waals surface area contributed by atoms with Gasteiger partial charge in [0.25, 0.3) is 0 Å². The van der Waals surface area contributed by atoms with Crippen molar-refractivity contribution in [3.05, 3.63) is 35.2 Å². The minimum Gasteiger partial charge on any atom is -0.392 e. The molecule has 4 rings (SSSR count). The Hall–Kier alpha value is -1.96. The molecular weight excluding hydrogens is 356 g/mol. The van der Waals surface area contributed by atoms with Crippen LogP contribution in [0.5, 0.6) is 0 Å². The van der Waals surface area contributed by atoms with E-state index in [0.29, 0.717) is 36.2 Å². The lowest BCUT2D eigenvalue weighted by molar-refractivity contribution is -0.134. The first-order chi connectivity index (χ1) is 12.6. The number of amides is 1. The highest BCUT2D eigenvalue weighted by Crippen LogP contribution is 2.28. The second kappa shape index (κ2) is 7.34. The highest BCUT2D eigenvalue weighted by Gasteiger charge is 2.35. The van der Waals surface area contributed by atoms with Crippen LogP contribution < -0.4 is 5.32 Å². The SMILES string of the molecule is O=C(C1CC(O)CN1)N1CCCC(c2nc(-c3ccc(Cl)cc3)no2)C1. The highest BCUT2D eigenvalue weighted by molar-refractivity contribution is 6.30. The Morgan fingerprint density at radius 2 is 2.15 bits per heavy atom. The van der Waals surface area contributed by atoms with Gasteiger partial charge in [0.15, 0.2) is 0 Å². The van der Waals surface area contributed by atoms with Gasteiger partial charge in [0.05, 0.1) is 18.1 Å². The van der Waals surface area contributed by atoms with Crippen LogP contribution in [0.15, 0.2) is 28.8 Å². The number of β-amino-alcohol motifs (C(OH)–C–C–N with tert-alkyl or cyclic N) is 1. The van der Waals surface area contributed by atoms with Gasteiger partial charge in [-0.2, -0.15) is 4.98 Å².